The molecule has 170 valence electrons. The minimum absolute atomic E-state index is 0. The van der Waals surface area contributed by atoms with Crippen LogP contribution in [0, 0.1) is 5.82 Å². The van der Waals surface area contributed by atoms with Gasteiger partial charge in [0.05, 0.1) is 12.2 Å². The van der Waals surface area contributed by atoms with Crippen molar-refractivity contribution in [3.05, 3.63) is 48.0 Å². The second kappa shape index (κ2) is 12.5. The lowest BCUT2D eigenvalue weighted by Crippen LogP contribution is -2.49. The number of piperazine rings is 1. The summed E-state index contributed by atoms with van der Waals surface area (Å²) in [6.07, 6.45) is 2.16. The van der Waals surface area contributed by atoms with Gasteiger partial charge in [0.25, 0.3) is 0 Å². The molecule has 2 aromatic rings. The molecule has 1 amide bonds. The van der Waals surface area contributed by atoms with E-state index in [1.165, 1.54) is 12.1 Å². The molecule has 0 atom stereocenters. The molecule has 1 aliphatic rings. The smallest absolute Gasteiger partial charge is 0.224 e. The number of benzene rings is 1. The fourth-order valence-corrected chi connectivity index (χ4v) is 3.37. The highest BCUT2D eigenvalue weighted by molar-refractivity contribution is 14.0. The van der Waals surface area contributed by atoms with Gasteiger partial charge in [-0.1, -0.05) is 0 Å². The van der Waals surface area contributed by atoms with Gasteiger partial charge in [-0.25, -0.2) is 9.38 Å². The van der Waals surface area contributed by atoms with Crippen molar-refractivity contribution >= 4 is 41.5 Å². The normalized spacial score (nSPS) is 14.2. The number of aliphatic imine (C=N–C) groups is 1. The maximum atomic E-state index is 13.1. The number of rotatable bonds is 7. The van der Waals surface area contributed by atoms with Crippen LogP contribution in [0.4, 0.5) is 10.1 Å². The van der Waals surface area contributed by atoms with Crippen LogP contribution in [-0.2, 0) is 18.4 Å². The Kier molecular flexibility index (Phi) is 10.0. The molecule has 0 unspecified atom stereocenters. The molecule has 31 heavy (non-hydrogen) atoms. The van der Waals surface area contributed by atoms with Crippen molar-refractivity contribution in [1.29, 1.82) is 0 Å². The average molecular weight is 543 g/mol. The lowest BCUT2D eigenvalue weighted by atomic mass is 10.2. The number of nitrogens with one attached hydrogen (secondary N) is 2. The molecule has 1 aliphatic heterocycles. The standard InChI is InChI=1S/C21H30FN7O.HI/c1-3-23-21(25-16-19-8-11-26-27(19)2)24-10-9-20(30)29-14-12-28(13-15-29)18-6-4-17(22)5-7-18;/h4-8,11H,3,9-10,12-16H2,1-2H3,(H2,23,24,25);1H. The van der Waals surface area contributed by atoms with Gasteiger partial charge in [-0.05, 0) is 37.3 Å². The molecular formula is C21H31FIN7O. The number of anilines is 1. The van der Waals surface area contributed by atoms with E-state index < -0.39 is 0 Å². The summed E-state index contributed by atoms with van der Waals surface area (Å²) >= 11 is 0. The minimum Gasteiger partial charge on any atom is -0.368 e. The highest BCUT2D eigenvalue weighted by atomic mass is 127. The molecule has 0 aliphatic carbocycles. The molecule has 0 saturated carbocycles. The third-order valence-electron chi connectivity index (χ3n) is 5.12. The highest BCUT2D eigenvalue weighted by Crippen LogP contribution is 2.17. The van der Waals surface area contributed by atoms with Gasteiger partial charge < -0.3 is 20.4 Å². The number of halogens is 2. The molecule has 2 heterocycles. The van der Waals surface area contributed by atoms with Crippen LogP contribution in [0.25, 0.3) is 0 Å². The number of hydrogen-bond acceptors (Lipinski definition) is 4. The van der Waals surface area contributed by atoms with E-state index in [1.807, 2.05) is 24.9 Å². The van der Waals surface area contributed by atoms with E-state index in [0.29, 0.717) is 38.6 Å². The van der Waals surface area contributed by atoms with Crippen molar-refractivity contribution in [3.8, 4) is 0 Å². The molecular weight excluding hydrogens is 512 g/mol. The number of aryl methyl sites for hydroxylation is 1. The van der Waals surface area contributed by atoms with Crippen LogP contribution in [-0.4, -0.2) is 65.8 Å². The Labute approximate surface area is 199 Å². The van der Waals surface area contributed by atoms with Crippen molar-refractivity contribution < 1.29 is 9.18 Å². The molecule has 2 N–H and O–H groups in total. The number of aromatic nitrogens is 2. The van der Waals surface area contributed by atoms with Gasteiger partial charge >= 0.3 is 0 Å². The Morgan fingerprint density at radius 2 is 1.84 bits per heavy atom. The highest BCUT2D eigenvalue weighted by Gasteiger charge is 2.21. The van der Waals surface area contributed by atoms with Crippen molar-refractivity contribution in [2.45, 2.75) is 19.9 Å². The van der Waals surface area contributed by atoms with Crippen molar-refractivity contribution in [1.82, 2.24) is 25.3 Å². The maximum absolute atomic E-state index is 13.1. The number of amides is 1. The van der Waals surface area contributed by atoms with Crippen LogP contribution < -0.4 is 15.5 Å². The van der Waals surface area contributed by atoms with Gasteiger partial charge in [0.1, 0.15) is 5.82 Å². The fourth-order valence-electron chi connectivity index (χ4n) is 3.37. The summed E-state index contributed by atoms with van der Waals surface area (Å²) in [5.41, 5.74) is 2.01. The van der Waals surface area contributed by atoms with Crippen LogP contribution in [0.1, 0.15) is 19.0 Å². The predicted octanol–water partition coefficient (Wildman–Crippen LogP) is 1.97. The van der Waals surface area contributed by atoms with Crippen LogP contribution in [0.15, 0.2) is 41.5 Å². The number of carbonyl (C=O) groups is 1. The lowest BCUT2D eigenvalue weighted by Gasteiger charge is -2.36. The van der Waals surface area contributed by atoms with E-state index in [4.69, 9.17) is 0 Å². The second-order valence-corrected chi connectivity index (χ2v) is 7.16. The van der Waals surface area contributed by atoms with Crippen molar-refractivity contribution in [3.63, 3.8) is 0 Å². The van der Waals surface area contributed by atoms with Gasteiger partial charge in [-0.15, -0.1) is 24.0 Å². The van der Waals surface area contributed by atoms with E-state index in [2.05, 4.69) is 25.6 Å². The zero-order valence-corrected chi connectivity index (χ0v) is 20.4. The zero-order chi connectivity index (χ0) is 21.3. The summed E-state index contributed by atoms with van der Waals surface area (Å²) in [6.45, 7) is 6.64. The van der Waals surface area contributed by atoms with E-state index in [-0.39, 0.29) is 35.7 Å². The minimum atomic E-state index is -0.235. The molecule has 1 saturated heterocycles. The zero-order valence-electron chi connectivity index (χ0n) is 18.1. The summed E-state index contributed by atoms with van der Waals surface area (Å²) in [5, 5.41) is 10.6. The Hall–Kier alpha value is -2.37. The summed E-state index contributed by atoms with van der Waals surface area (Å²) in [6, 6.07) is 8.43. The molecule has 0 radical (unpaired) electrons. The summed E-state index contributed by atoms with van der Waals surface area (Å²) in [4.78, 5) is 21.2. The monoisotopic (exact) mass is 543 g/mol. The largest absolute Gasteiger partial charge is 0.368 e. The molecule has 0 spiro atoms. The third kappa shape index (κ3) is 7.37. The van der Waals surface area contributed by atoms with Crippen LogP contribution in [0.2, 0.25) is 0 Å². The van der Waals surface area contributed by atoms with E-state index in [0.717, 1.165) is 31.0 Å². The van der Waals surface area contributed by atoms with Crippen molar-refractivity contribution in [2.24, 2.45) is 12.0 Å². The number of nitrogens with zero attached hydrogens (tertiary/aromatic N) is 5. The third-order valence-corrected chi connectivity index (χ3v) is 5.12. The van der Waals surface area contributed by atoms with Gasteiger partial charge in [-0.2, -0.15) is 5.10 Å². The van der Waals surface area contributed by atoms with Gasteiger partial charge in [0.15, 0.2) is 5.96 Å². The fraction of sp³-hybridized carbons (Fsp3) is 0.476. The summed E-state index contributed by atoms with van der Waals surface area (Å²) < 4.78 is 14.9. The van der Waals surface area contributed by atoms with Crippen LogP contribution >= 0.6 is 24.0 Å². The number of hydrogen-bond donors (Lipinski definition) is 2. The molecule has 8 nitrogen and oxygen atoms in total. The first-order valence-corrected chi connectivity index (χ1v) is 10.3. The van der Waals surface area contributed by atoms with E-state index in [9.17, 15) is 9.18 Å². The van der Waals surface area contributed by atoms with Gasteiger partial charge in [-0.3, -0.25) is 9.48 Å². The summed E-state index contributed by atoms with van der Waals surface area (Å²) in [7, 11) is 1.89. The molecule has 1 aromatic heterocycles. The molecule has 10 heteroatoms. The Bertz CT molecular complexity index is 848. The Balaban J connectivity index is 0.00000341. The summed E-state index contributed by atoms with van der Waals surface area (Å²) in [5.74, 6) is 0.581. The van der Waals surface area contributed by atoms with Crippen LogP contribution in [0.5, 0.6) is 0 Å². The van der Waals surface area contributed by atoms with E-state index >= 15 is 0 Å². The molecule has 1 aromatic carbocycles. The predicted molar refractivity (Wildman–Crippen MR) is 131 cm³/mol. The van der Waals surface area contributed by atoms with Gasteiger partial charge in [0.2, 0.25) is 5.91 Å². The van der Waals surface area contributed by atoms with Crippen LogP contribution in [0.3, 0.4) is 0 Å². The van der Waals surface area contributed by atoms with E-state index in [1.54, 1.807) is 23.0 Å². The maximum Gasteiger partial charge on any atom is 0.224 e. The Morgan fingerprint density at radius 3 is 2.45 bits per heavy atom. The quantitative estimate of drug-likeness (QED) is 0.318. The number of guanidine groups is 1. The first kappa shape index (κ1) is 24.9. The molecule has 3 rings (SSSR count). The van der Waals surface area contributed by atoms with Crippen molar-refractivity contribution in [2.75, 3.05) is 44.2 Å². The topological polar surface area (TPSA) is 77.8 Å². The SMILES string of the molecule is CCNC(=NCc1ccnn1C)NCCC(=O)N1CCN(c2ccc(F)cc2)CC1.I. The second-order valence-electron chi connectivity index (χ2n) is 7.16. The lowest BCUT2D eigenvalue weighted by molar-refractivity contribution is -0.131. The first-order valence-electron chi connectivity index (χ1n) is 10.3. The molecule has 0 bridgehead atoms. The first-order chi connectivity index (χ1) is 14.6. The van der Waals surface area contributed by atoms with Gasteiger partial charge in [0, 0.05) is 64.6 Å². The molecule has 1 fully saturated rings. The number of carbonyl (C=O) groups excluding carboxylic acids is 1. The Morgan fingerprint density at radius 1 is 1.13 bits per heavy atom. The average Bonchev–Trinajstić information content (AvgIpc) is 3.17.